The van der Waals surface area contributed by atoms with Gasteiger partial charge in [0.25, 0.3) is 0 Å². The molecule has 2 aromatic rings. The highest BCUT2D eigenvalue weighted by atomic mass is 127. The van der Waals surface area contributed by atoms with Gasteiger partial charge in [-0.2, -0.15) is 0 Å². The number of carbonyl (C=O) groups excluding carboxylic acids is 2. The SMILES string of the molecule is Cc1ccc(CCC(=O)NCCOC(=O)c2ccccc2I)cc1. The maximum atomic E-state index is 11.9. The lowest BCUT2D eigenvalue weighted by Crippen LogP contribution is -2.28. The van der Waals surface area contributed by atoms with Gasteiger partial charge in [0.1, 0.15) is 6.61 Å². The van der Waals surface area contributed by atoms with E-state index in [1.807, 2.05) is 43.3 Å². The highest BCUT2D eigenvalue weighted by molar-refractivity contribution is 14.1. The summed E-state index contributed by atoms with van der Waals surface area (Å²) in [7, 11) is 0. The summed E-state index contributed by atoms with van der Waals surface area (Å²) in [6.45, 7) is 2.52. The number of ether oxygens (including phenoxy) is 1. The molecule has 0 heterocycles. The molecule has 5 heteroatoms. The molecule has 24 heavy (non-hydrogen) atoms. The molecule has 2 aromatic carbocycles. The van der Waals surface area contributed by atoms with E-state index in [9.17, 15) is 9.59 Å². The minimum Gasteiger partial charge on any atom is -0.460 e. The number of halogens is 1. The van der Waals surface area contributed by atoms with Gasteiger partial charge in [0.15, 0.2) is 0 Å². The Kier molecular flexibility index (Phi) is 7.24. The molecule has 0 saturated carbocycles. The van der Waals surface area contributed by atoms with Gasteiger partial charge in [0, 0.05) is 9.99 Å². The number of hydrogen-bond acceptors (Lipinski definition) is 3. The van der Waals surface area contributed by atoms with Crippen molar-refractivity contribution < 1.29 is 14.3 Å². The van der Waals surface area contributed by atoms with E-state index in [1.165, 1.54) is 5.56 Å². The summed E-state index contributed by atoms with van der Waals surface area (Å²) < 4.78 is 6.03. The van der Waals surface area contributed by atoms with Gasteiger partial charge in [-0.15, -0.1) is 0 Å². The fourth-order valence-electron chi connectivity index (χ4n) is 2.14. The first-order valence-corrected chi connectivity index (χ1v) is 8.88. The van der Waals surface area contributed by atoms with Crippen molar-refractivity contribution in [1.82, 2.24) is 5.32 Å². The second-order valence-corrected chi connectivity index (χ2v) is 6.61. The van der Waals surface area contributed by atoms with E-state index in [0.29, 0.717) is 24.9 Å². The van der Waals surface area contributed by atoms with Crippen LogP contribution in [0.25, 0.3) is 0 Å². The smallest absolute Gasteiger partial charge is 0.339 e. The molecule has 4 nitrogen and oxygen atoms in total. The van der Waals surface area contributed by atoms with E-state index in [1.54, 1.807) is 12.1 Å². The van der Waals surface area contributed by atoms with E-state index >= 15 is 0 Å². The predicted molar refractivity (Wildman–Crippen MR) is 102 cm³/mol. The molecule has 126 valence electrons. The number of amides is 1. The fourth-order valence-corrected chi connectivity index (χ4v) is 2.75. The zero-order chi connectivity index (χ0) is 17.4. The van der Waals surface area contributed by atoms with Crippen LogP contribution in [0.4, 0.5) is 0 Å². The first-order chi connectivity index (χ1) is 11.6. The number of nitrogens with one attached hydrogen (secondary N) is 1. The lowest BCUT2D eigenvalue weighted by Gasteiger charge is -2.08. The van der Waals surface area contributed by atoms with Crippen LogP contribution in [0.1, 0.15) is 27.9 Å². The van der Waals surface area contributed by atoms with E-state index in [2.05, 4.69) is 27.9 Å². The Morgan fingerprint density at radius 3 is 2.50 bits per heavy atom. The maximum absolute atomic E-state index is 11.9. The van der Waals surface area contributed by atoms with Crippen LogP contribution in [-0.2, 0) is 16.0 Å². The number of benzene rings is 2. The second kappa shape index (κ2) is 9.42. The minimum absolute atomic E-state index is 0.0408. The quantitative estimate of drug-likeness (QED) is 0.410. The molecular formula is C19H20INO3. The van der Waals surface area contributed by atoms with Crippen molar-refractivity contribution in [2.45, 2.75) is 19.8 Å². The summed E-state index contributed by atoms with van der Waals surface area (Å²) in [6.07, 6.45) is 1.13. The molecule has 1 amide bonds. The monoisotopic (exact) mass is 437 g/mol. The van der Waals surface area contributed by atoms with Crippen molar-refractivity contribution in [3.63, 3.8) is 0 Å². The van der Waals surface area contributed by atoms with Gasteiger partial charge < -0.3 is 10.1 Å². The van der Waals surface area contributed by atoms with Crippen molar-refractivity contribution in [3.05, 3.63) is 68.8 Å². The van der Waals surface area contributed by atoms with E-state index in [-0.39, 0.29) is 18.5 Å². The molecule has 0 spiro atoms. The van der Waals surface area contributed by atoms with E-state index in [4.69, 9.17) is 4.74 Å². The van der Waals surface area contributed by atoms with Gasteiger partial charge in [-0.05, 0) is 53.6 Å². The molecule has 2 rings (SSSR count). The lowest BCUT2D eigenvalue weighted by molar-refractivity contribution is -0.121. The lowest BCUT2D eigenvalue weighted by atomic mass is 10.1. The molecule has 0 fully saturated rings. The average Bonchev–Trinajstić information content (AvgIpc) is 2.58. The van der Waals surface area contributed by atoms with Gasteiger partial charge in [-0.3, -0.25) is 4.79 Å². The van der Waals surface area contributed by atoms with Crippen LogP contribution >= 0.6 is 22.6 Å². The normalized spacial score (nSPS) is 10.2. The molecule has 0 aliphatic heterocycles. The van der Waals surface area contributed by atoms with Crippen molar-refractivity contribution in [1.29, 1.82) is 0 Å². The summed E-state index contributed by atoms with van der Waals surface area (Å²) in [4.78, 5) is 23.7. The number of carbonyl (C=O) groups is 2. The molecule has 0 unspecified atom stereocenters. The van der Waals surface area contributed by atoms with Crippen LogP contribution in [-0.4, -0.2) is 25.0 Å². The molecule has 0 atom stereocenters. The Morgan fingerprint density at radius 2 is 1.79 bits per heavy atom. The first-order valence-electron chi connectivity index (χ1n) is 7.80. The Labute approximate surface area is 155 Å². The summed E-state index contributed by atoms with van der Waals surface area (Å²) in [5.41, 5.74) is 2.89. The van der Waals surface area contributed by atoms with Crippen molar-refractivity contribution in [2.75, 3.05) is 13.2 Å². The molecule has 1 N–H and O–H groups in total. The molecule has 0 radical (unpaired) electrons. The van der Waals surface area contributed by atoms with E-state index < -0.39 is 0 Å². The Balaban J connectivity index is 1.65. The topological polar surface area (TPSA) is 55.4 Å². The van der Waals surface area contributed by atoms with Crippen molar-refractivity contribution >= 4 is 34.5 Å². The third-order valence-electron chi connectivity index (χ3n) is 3.51. The largest absolute Gasteiger partial charge is 0.460 e. The van der Waals surface area contributed by atoms with Crippen LogP contribution in [0.5, 0.6) is 0 Å². The molecule has 0 aliphatic carbocycles. The van der Waals surface area contributed by atoms with Crippen LogP contribution < -0.4 is 5.32 Å². The zero-order valence-corrected chi connectivity index (χ0v) is 15.7. The average molecular weight is 437 g/mol. The third-order valence-corrected chi connectivity index (χ3v) is 4.45. The molecule has 0 saturated heterocycles. The minimum atomic E-state index is -0.367. The Hall–Kier alpha value is -1.89. The van der Waals surface area contributed by atoms with Crippen LogP contribution in [0.15, 0.2) is 48.5 Å². The summed E-state index contributed by atoms with van der Waals surface area (Å²) in [6, 6.07) is 15.4. The summed E-state index contributed by atoms with van der Waals surface area (Å²) in [5, 5.41) is 2.77. The molecule has 0 bridgehead atoms. The molecule has 0 aromatic heterocycles. The van der Waals surface area contributed by atoms with Gasteiger partial charge in [0.2, 0.25) is 5.91 Å². The summed E-state index contributed by atoms with van der Waals surface area (Å²) >= 11 is 2.10. The van der Waals surface area contributed by atoms with Gasteiger partial charge in [-0.25, -0.2) is 4.79 Å². The van der Waals surface area contributed by atoms with Crippen LogP contribution in [0.3, 0.4) is 0 Å². The third kappa shape index (κ3) is 5.96. The molecular weight excluding hydrogens is 417 g/mol. The highest BCUT2D eigenvalue weighted by Crippen LogP contribution is 2.12. The van der Waals surface area contributed by atoms with Gasteiger partial charge >= 0.3 is 5.97 Å². The number of rotatable bonds is 7. The number of esters is 1. The van der Waals surface area contributed by atoms with Crippen LogP contribution in [0, 0.1) is 10.5 Å². The second-order valence-electron chi connectivity index (χ2n) is 5.45. The number of hydrogen-bond donors (Lipinski definition) is 1. The summed E-state index contributed by atoms with van der Waals surface area (Å²) in [5.74, 6) is -0.408. The predicted octanol–water partition coefficient (Wildman–Crippen LogP) is 3.51. The standard InChI is InChI=1S/C19H20INO3/c1-14-6-8-15(9-7-14)10-11-18(22)21-12-13-24-19(23)16-4-2-3-5-17(16)20/h2-9H,10-13H2,1H3,(H,21,22). The fraction of sp³-hybridized carbons (Fsp3) is 0.263. The van der Waals surface area contributed by atoms with Crippen molar-refractivity contribution in [2.24, 2.45) is 0 Å². The molecule has 0 aliphatic rings. The number of aryl methyl sites for hydroxylation is 2. The zero-order valence-electron chi connectivity index (χ0n) is 13.5. The first kappa shape index (κ1) is 18.4. The van der Waals surface area contributed by atoms with E-state index in [0.717, 1.165) is 9.13 Å². The Bertz CT molecular complexity index is 698. The van der Waals surface area contributed by atoms with Gasteiger partial charge in [-0.1, -0.05) is 42.0 Å². The maximum Gasteiger partial charge on any atom is 0.339 e. The van der Waals surface area contributed by atoms with Crippen LogP contribution in [0.2, 0.25) is 0 Å². The van der Waals surface area contributed by atoms with Crippen molar-refractivity contribution in [3.8, 4) is 0 Å². The Morgan fingerprint density at radius 1 is 1.08 bits per heavy atom. The highest BCUT2D eigenvalue weighted by Gasteiger charge is 2.10. The van der Waals surface area contributed by atoms with Gasteiger partial charge in [0.05, 0.1) is 12.1 Å².